The van der Waals surface area contributed by atoms with Crippen molar-refractivity contribution < 1.29 is 4.79 Å². The van der Waals surface area contributed by atoms with E-state index in [0.29, 0.717) is 24.4 Å². The summed E-state index contributed by atoms with van der Waals surface area (Å²) in [6, 6.07) is 13.2. The molecule has 0 N–H and O–H groups in total. The molecule has 4 heteroatoms. The lowest BCUT2D eigenvalue weighted by Crippen LogP contribution is -2.36. The van der Waals surface area contributed by atoms with Crippen molar-refractivity contribution in [2.24, 2.45) is 0 Å². The molecule has 2 atom stereocenters. The van der Waals surface area contributed by atoms with Gasteiger partial charge < -0.3 is 4.90 Å². The topological polar surface area (TPSA) is 36.4 Å². The Kier molecular flexibility index (Phi) is 4.07. The number of hydrogen-bond donors (Lipinski definition) is 0. The van der Waals surface area contributed by atoms with Crippen LogP contribution in [0.3, 0.4) is 0 Å². The molecule has 124 valence electrons. The van der Waals surface area contributed by atoms with Gasteiger partial charge in [0.1, 0.15) is 0 Å². The maximum Gasteiger partial charge on any atom is 0.224 e. The Hall–Kier alpha value is -2.20. The van der Waals surface area contributed by atoms with Gasteiger partial charge in [0.25, 0.3) is 0 Å². The zero-order valence-electron chi connectivity index (χ0n) is 14.1. The number of pyridine rings is 1. The van der Waals surface area contributed by atoms with Gasteiger partial charge in [0, 0.05) is 50.5 Å². The zero-order chi connectivity index (χ0) is 16.5. The highest BCUT2D eigenvalue weighted by atomic mass is 16.2. The van der Waals surface area contributed by atoms with Crippen LogP contribution in [0.2, 0.25) is 0 Å². The quantitative estimate of drug-likeness (QED) is 0.869. The first-order valence-corrected chi connectivity index (χ1v) is 8.69. The van der Waals surface area contributed by atoms with Gasteiger partial charge in [-0.25, -0.2) is 0 Å². The van der Waals surface area contributed by atoms with Crippen molar-refractivity contribution in [3.63, 3.8) is 0 Å². The second-order valence-electron chi connectivity index (χ2n) is 6.91. The van der Waals surface area contributed by atoms with Crippen LogP contribution in [0.4, 0.5) is 0 Å². The average Bonchev–Trinajstić information content (AvgIpc) is 3.11. The summed E-state index contributed by atoms with van der Waals surface area (Å²) in [6.45, 7) is 4.81. The van der Waals surface area contributed by atoms with Gasteiger partial charge in [-0.2, -0.15) is 0 Å². The van der Waals surface area contributed by atoms with Crippen molar-refractivity contribution in [2.45, 2.75) is 44.9 Å². The number of aromatic nitrogens is 1. The highest BCUT2D eigenvalue weighted by Crippen LogP contribution is 2.34. The third-order valence-electron chi connectivity index (χ3n) is 5.44. The Labute approximate surface area is 143 Å². The van der Waals surface area contributed by atoms with Crippen LogP contribution in [-0.2, 0) is 17.9 Å². The first-order valence-electron chi connectivity index (χ1n) is 8.69. The molecule has 3 heterocycles. The van der Waals surface area contributed by atoms with Gasteiger partial charge in [0.15, 0.2) is 0 Å². The van der Waals surface area contributed by atoms with Crippen LogP contribution in [0.15, 0.2) is 48.8 Å². The van der Waals surface area contributed by atoms with Crippen molar-refractivity contribution in [3.05, 3.63) is 65.5 Å². The third kappa shape index (κ3) is 2.82. The second-order valence-corrected chi connectivity index (χ2v) is 6.91. The van der Waals surface area contributed by atoms with E-state index >= 15 is 0 Å². The van der Waals surface area contributed by atoms with Gasteiger partial charge in [-0.15, -0.1) is 0 Å². The van der Waals surface area contributed by atoms with Crippen LogP contribution in [0, 0.1) is 6.92 Å². The van der Waals surface area contributed by atoms with Gasteiger partial charge in [-0.05, 0) is 36.1 Å². The van der Waals surface area contributed by atoms with Gasteiger partial charge >= 0.3 is 0 Å². The molecule has 0 unspecified atom stereocenters. The van der Waals surface area contributed by atoms with E-state index in [-0.39, 0.29) is 0 Å². The van der Waals surface area contributed by atoms with Crippen LogP contribution in [-0.4, -0.2) is 39.3 Å². The number of aryl methyl sites for hydroxylation is 1. The standard InChI is InChI=1S/C20H23N3O/c1-15-5-2-3-7-17(15)14-23-18-8-10-22(19(18)11-20(23)24)13-16-6-4-9-21-12-16/h2-7,9,12,18-19H,8,10-11,13-14H2,1H3/t18-,19-/m0/s1. The van der Waals surface area contributed by atoms with E-state index in [1.807, 2.05) is 12.3 Å². The highest BCUT2D eigenvalue weighted by molar-refractivity contribution is 5.80. The molecule has 2 aliphatic rings. The van der Waals surface area contributed by atoms with E-state index in [2.05, 4.69) is 52.0 Å². The molecule has 1 amide bonds. The number of carbonyl (C=O) groups is 1. The Balaban J connectivity index is 1.48. The van der Waals surface area contributed by atoms with Crippen LogP contribution in [0.1, 0.15) is 29.5 Å². The lowest BCUT2D eigenvalue weighted by molar-refractivity contribution is -0.129. The molecule has 0 saturated carbocycles. The summed E-state index contributed by atoms with van der Waals surface area (Å²) in [5.41, 5.74) is 3.75. The Morgan fingerprint density at radius 1 is 1.12 bits per heavy atom. The van der Waals surface area contributed by atoms with Crippen molar-refractivity contribution in [3.8, 4) is 0 Å². The zero-order valence-corrected chi connectivity index (χ0v) is 14.1. The molecule has 2 aromatic rings. The molecule has 2 fully saturated rings. The highest BCUT2D eigenvalue weighted by Gasteiger charge is 2.46. The van der Waals surface area contributed by atoms with Gasteiger partial charge in [0.2, 0.25) is 5.91 Å². The van der Waals surface area contributed by atoms with E-state index in [1.54, 1.807) is 6.20 Å². The molecule has 1 aromatic carbocycles. The average molecular weight is 321 g/mol. The summed E-state index contributed by atoms with van der Waals surface area (Å²) in [4.78, 5) is 21.4. The normalized spacial score (nSPS) is 23.7. The van der Waals surface area contributed by atoms with Crippen molar-refractivity contribution in [1.29, 1.82) is 0 Å². The molecule has 2 saturated heterocycles. The molecule has 24 heavy (non-hydrogen) atoms. The molecule has 0 radical (unpaired) electrons. The number of carbonyl (C=O) groups excluding carboxylic acids is 1. The lowest BCUT2D eigenvalue weighted by Gasteiger charge is -2.26. The van der Waals surface area contributed by atoms with E-state index in [0.717, 1.165) is 26.1 Å². The van der Waals surface area contributed by atoms with E-state index < -0.39 is 0 Å². The Morgan fingerprint density at radius 2 is 2.00 bits per heavy atom. The summed E-state index contributed by atoms with van der Waals surface area (Å²) < 4.78 is 0. The smallest absolute Gasteiger partial charge is 0.224 e. The third-order valence-corrected chi connectivity index (χ3v) is 5.44. The number of nitrogens with zero attached hydrogens (tertiary/aromatic N) is 3. The fraction of sp³-hybridized carbons (Fsp3) is 0.400. The molecule has 4 rings (SSSR count). The van der Waals surface area contributed by atoms with Gasteiger partial charge in [0.05, 0.1) is 0 Å². The van der Waals surface area contributed by atoms with E-state index in [1.165, 1.54) is 16.7 Å². The van der Waals surface area contributed by atoms with Crippen LogP contribution >= 0.6 is 0 Å². The Bertz CT molecular complexity index is 731. The lowest BCUT2D eigenvalue weighted by atomic mass is 10.1. The second kappa shape index (κ2) is 6.36. The fourth-order valence-corrected chi connectivity index (χ4v) is 4.11. The molecular weight excluding hydrogens is 298 g/mol. The number of hydrogen-bond acceptors (Lipinski definition) is 3. The van der Waals surface area contributed by atoms with Crippen LogP contribution < -0.4 is 0 Å². The minimum absolute atomic E-state index is 0.295. The maximum atomic E-state index is 12.6. The fourth-order valence-electron chi connectivity index (χ4n) is 4.11. The first-order chi connectivity index (χ1) is 11.7. The predicted molar refractivity (Wildman–Crippen MR) is 93.2 cm³/mol. The molecule has 1 aromatic heterocycles. The van der Waals surface area contributed by atoms with Crippen LogP contribution in [0.5, 0.6) is 0 Å². The molecule has 2 aliphatic heterocycles. The first kappa shape index (κ1) is 15.3. The summed E-state index contributed by atoms with van der Waals surface area (Å²) in [5.74, 6) is 0.295. The number of likely N-dealkylation sites (tertiary alicyclic amines) is 2. The molecule has 4 nitrogen and oxygen atoms in total. The largest absolute Gasteiger partial charge is 0.334 e. The van der Waals surface area contributed by atoms with Crippen LogP contribution in [0.25, 0.3) is 0 Å². The summed E-state index contributed by atoms with van der Waals surface area (Å²) >= 11 is 0. The summed E-state index contributed by atoms with van der Waals surface area (Å²) in [6.07, 6.45) is 5.45. The number of benzene rings is 1. The SMILES string of the molecule is Cc1ccccc1CN1C(=O)C[C@H]2[C@@H]1CCN2Cc1cccnc1. The van der Waals surface area contributed by atoms with Gasteiger partial charge in [-0.1, -0.05) is 30.3 Å². The van der Waals surface area contributed by atoms with Crippen molar-refractivity contribution in [2.75, 3.05) is 6.54 Å². The van der Waals surface area contributed by atoms with Crippen molar-refractivity contribution in [1.82, 2.24) is 14.8 Å². The number of amides is 1. The summed E-state index contributed by atoms with van der Waals surface area (Å²) in [5, 5.41) is 0. The minimum atomic E-state index is 0.295. The van der Waals surface area contributed by atoms with E-state index in [4.69, 9.17) is 0 Å². The number of fused-ring (bicyclic) bond motifs is 1. The molecule has 0 spiro atoms. The maximum absolute atomic E-state index is 12.6. The summed E-state index contributed by atoms with van der Waals surface area (Å²) in [7, 11) is 0. The minimum Gasteiger partial charge on any atom is -0.334 e. The number of rotatable bonds is 4. The van der Waals surface area contributed by atoms with Gasteiger partial charge in [-0.3, -0.25) is 14.7 Å². The van der Waals surface area contributed by atoms with Crippen molar-refractivity contribution >= 4 is 5.91 Å². The molecule has 0 aliphatic carbocycles. The predicted octanol–water partition coefficient (Wildman–Crippen LogP) is 2.77. The van der Waals surface area contributed by atoms with E-state index in [9.17, 15) is 4.79 Å². The molecule has 0 bridgehead atoms. The molecular formula is C20H23N3O. The monoisotopic (exact) mass is 321 g/mol. The Morgan fingerprint density at radius 3 is 2.79 bits per heavy atom.